The molecule has 0 aliphatic carbocycles. The molecule has 0 atom stereocenters. The molecule has 64 heavy (non-hydrogen) atoms. The van der Waals surface area contributed by atoms with E-state index in [0.29, 0.717) is 0 Å². The van der Waals surface area contributed by atoms with Crippen LogP contribution in [0.3, 0.4) is 0 Å². The molecule has 4 nitrogen and oxygen atoms in total. The summed E-state index contributed by atoms with van der Waals surface area (Å²) in [7, 11) is 0. The van der Waals surface area contributed by atoms with Gasteiger partial charge in [-0.25, -0.2) is 0 Å². The van der Waals surface area contributed by atoms with Crippen LogP contribution in [0.4, 0.5) is 17.1 Å². The van der Waals surface area contributed by atoms with Crippen LogP contribution in [0.1, 0.15) is 0 Å². The first-order valence-corrected chi connectivity index (χ1v) is 21.7. The van der Waals surface area contributed by atoms with Crippen molar-refractivity contribution in [1.82, 2.24) is 4.57 Å². The minimum absolute atomic E-state index is 0.902. The average Bonchev–Trinajstić information content (AvgIpc) is 4.05. The molecule has 0 aliphatic rings. The third-order valence-corrected chi connectivity index (χ3v) is 12.8. The van der Waals surface area contributed by atoms with E-state index in [-0.39, 0.29) is 0 Å². The van der Waals surface area contributed by atoms with E-state index in [1.165, 1.54) is 5.39 Å². The van der Waals surface area contributed by atoms with Gasteiger partial charge in [0.05, 0.1) is 16.4 Å². The predicted molar refractivity (Wildman–Crippen MR) is 266 cm³/mol. The van der Waals surface area contributed by atoms with Gasteiger partial charge in [0, 0.05) is 55.2 Å². The number of rotatable bonds is 7. The molecule has 0 radical (unpaired) electrons. The number of benzene rings is 10. The zero-order chi connectivity index (χ0) is 42.1. The maximum absolute atomic E-state index is 6.58. The fourth-order valence-electron chi connectivity index (χ4n) is 9.81. The van der Waals surface area contributed by atoms with E-state index in [1.807, 2.05) is 18.2 Å². The smallest absolute Gasteiger partial charge is 0.145 e. The lowest BCUT2D eigenvalue weighted by Gasteiger charge is -2.27. The summed E-state index contributed by atoms with van der Waals surface area (Å²) in [6, 6.07) is 82.2. The van der Waals surface area contributed by atoms with Crippen LogP contribution < -0.4 is 4.90 Å². The molecule has 0 aliphatic heterocycles. The van der Waals surface area contributed by atoms with Crippen LogP contribution >= 0.6 is 0 Å². The van der Waals surface area contributed by atoms with Gasteiger partial charge < -0.3 is 18.3 Å². The van der Waals surface area contributed by atoms with Gasteiger partial charge in [-0.15, -0.1) is 0 Å². The van der Waals surface area contributed by atoms with E-state index in [9.17, 15) is 0 Å². The molecule has 0 amide bonds. The molecule has 0 fully saturated rings. The lowest BCUT2D eigenvalue weighted by atomic mass is 9.95. The van der Waals surface area contributed by atoms with Gasteiger partial charge in [-0.1, -0.05) is 146 Å². The Bertz CT molecular complexity index is 3840. The number of hydrogen-bond acceptors (Lipinski definition) is 3. The van der Waals surface area contributed by atoms with E-state index >= 15 is 0 Å². The normalized spacial score (nSPS) is 11.8. The molecule has 0 unspecified atom stereocenters. The highest BCUT2D eigenvalue weighted by Gasteiger charge is 2.20. The van der Waals surface area contributed by atoms with Crippen molar-refractivity contribution in [2.45, 2.75) is 0 Å². The summed E-state index contributed by atoms with van der Waals surface area (Å²) in [5.74, 6) is 0. The Kier molecular flexibility index (Phi) is 8.18. The number of nitrogens with zero attached hydrogens (tertiary/aromatic N) is 2. The summed E-state index contributed by atoms with van der Waals surface area (Å²) in [5, 5.41) is 6.84. The van der Waals surface area contributed by atoms with E-state index in [2.05, 4.69) is 222 Å². The van der Waals surface area contributed by atoms with Crippen LogP contribution in [-0.4, -0.2) is 4.57 Å². The summed E-state index contributed by atoms with van der Waals surface area (Å²) in [6.45, 7) is 0. The van der Waals surface area contributed by atoms with E-state index in [0.717, 1.165) is 116 Å². The number of fused-ring (bicyclic) bond motifs is 10. The Balaban J connectivity index is 0.949. The number of furan rings is 2. The summed E-state index contributed by atoms with van der Waals surface area (Å²) < 4.78 is 15.4. The van der Waals surface area contributed by atoms with Crippen LogP contribution in [0.25, 0.3) is 105 Å². The summed E-state index contributed by atoms with van der Waals surface area (Å²) >= 11 is 0. The van der Waals surface area contributed by atoms with Gasteiger partial charge in [-0.3, -0.25) is 0 Å². The van der Waals surface area contributed by atoms with Crippen molar-refractivity contribution in [3.8, 4) is 39.1 Å². The summed E-state index contributed by atoms with van der Waals surface area (Å²) in [4.78, 5) is 2.34. The zero-order valence-electron chi connectivity index (χ0n) is 34.7. The maximum atomic E-state index is 6.58. The van der Waals surface area contributed by atoms with E-state index < -0.39 is 0 Å². The topological polar surface area (TPSA) is 34.5 Å². The van der Waals surface area contributed by atoms with Crippen molar-refractivity contribution in [2.24, 2.45) is 0 Å². The van der Waals surface area contributed by atoms with Crippen LogP contribution in [0.2, 0.25) is 0 Å². The Hall–Kier alpha value is -8.60. The van der Waals surface area contributed by atoms with Crippen molar-refractivity contribution < 1.29 is 8.83 Å². The highest BCUT2D eigenvalue weighted by molar-refractivity contribution is 6.24. The second kappa shape index (κ2) is 14.5. The molecule has 3 heterocycles. The maximum Gasteiger partial charge on any atom is 0.145 e. The average molecular weight is 819 g/mol. The van der Waals surface area contributed by atoms with Gasteiger partial charge in [0.2, 0.25) is 0 Å². The number of para-hydroxylation sites is 6. The van der Waals surface area contributed by atoms with Crippen molar-refractivity contribution in [1.29, 1.82) is 0 Å². The third-order valence-electron chi connectivity index (χ3n) is 12.8. The molecular weight excluding hydrogens is 781 g/mol. The Morgan fingerprint density at radius 1 is 0.312 bits per heavy atom. The van der Waals surface area contributed by atoms with Crippen molar-refractivity contribution in [3.63, 3.8) is 0 Å². The second-order valence-corrected chi connectivity index (χ2v) is 16.5. The number of hydrogen-bond donors (Lipinski definition) is 0. The largest absolute Gasteiger partial charge is 0.455 e. The third kappa shape index (κ3) is 5.77. The Morgan fingerprint density at radius 3 is 1.48 bits per heavy atom. The number of anilines is 3. The molecule has 13 aromatic rings. The molecule has 0 saturated heterocycles. The SMILES string of the molecule is c1ccc(N(c2ccccc2)c2cc(-c3ccc(-c4cccc5c4oc4ccccc45)cc3)cc(-c3ccc(-n4c5ccccc5c5c6oc7ccccc7c6ccc54)cc3)c2)cc1. The minimum Gasteiger partial charge on any atom is -0.455 e. The summed E-state index contributed by atoms with van der Waals surface area (Å²) in [5.41, 5.74) is 16.9. The lowest BCUT2D eigenvalue weighted by molar-refractivity contribution is 0.670. The molecule has 300 valence electrons. The van der Waals surface area contributed by atoms with Gasteiger partial charge in [-0.05, 0) is 113 Å². The molecule has 10 aromatic carbocycles. The summed E-state index contributed by atoms with van der Waals surface area (Å²) in [6.07, 6.45) is 0. The molecular formula is C60H38N2O2. The van der Waals surface area contributed by atoms with Gasteiger partial charge >= 0.3 is 0 Å². The van der Waals surface area contributed by atoms with Crippen molar-refractivity contribution in [2.75, 3.05) is 4.90 Å². The fraction of sp³-hybridized carbons (Fsp3) is 0. The van der Waals surface area contributed by atoms with Gasteiger partial charge in [0.25, 0.3) is 0 Å². The molecule has 3 aromatic heterocycles. The van der Waals surface area contributed by atoms with E-state index in [1.54, 1.807) is 0 Å². The highest BCUT2D eigenvalue weighted by Crippen LogP contribution is 2.43. The van der Waals surface area contributed by atoms with E-state index in [4.69, 9.17) is 8.83 Å². The van der Waals surface area contributed by atoms with Crippen LogP contribution in [0.5, 0.6) is 0 Å². The van der Waals surface area contributed by atoms with Crippen LogP contribution in [-0.2, 0) is 0 Å². The molecule has 0 bridgehead atoms. The molecule has 13 rings (SSSR count). The zero-order valence-corrected chi connectivity index (χ0v) is 34.7. The van der Waals surface area contributed by atoms with Crippen molar-refractivity contribution in [3.05, 3.63) is 231 Å². The number of aromatic nitrogens is 1. The van der Waals surface area contributed by atoms with Crippen LogP contribution in [0.15, 0.2) is 239 Å². The highest BCUT2D eigenvalue weighted by atomic mass is 16.3. The molecule has 0 saturated carbocycles. The first-order valence-electron chi connectivity index (χ1n) is 21.7. The quantitative estimate of drug-likeness (QED) is 0.161. The second-order valence-electron chi connectivity index (χ2n) is 16.5. The van der Waals surface area contributed by atoms with Gasteiger partial charge in [-0.2, -0.15) is 0 Å². The first-order chi connectivity index (χ1) is 31.7. The van der Waals surface area contributed by atoms with Crippen molar-refractivity contribution >= 4 is 82.7 Å². The Morgan fingerprint density at radius 2 is 0.828 bits per heavy atom. The fourth-order valence-corrected chi connectivity index (χ4v) is 9.81. The monoisotopic (exact) mass is 818 g/mol. The Labute approximate surface area is 369 Å². The molecule has 4 heteroatoms. The van der Waals surface area contributed by atoms with Gasteiger partial charge in [0.1, 0.15) is 22.3 Å². The molecule has 0 N–H and O–H groups in total. The minimum atomic E-state index is 0.902. The first kappa shape index (κ1) is 36.1. The molecule has 0 spiro atoms. The predicted octanol–water partition coefficient (Wildman–Crippen LogP) is 17.1. The van der Waals surface area contributed by atoms with Gasteiger partial charge in [0.15, 0.2) is 0 Å². The standard InChI is InChI=1S/C60H38N2O2/c1-3-14-44(15-4-1)61(45-16-5-2-6-17-45)47-37-42(39-26-28-41(29-27-39)48-21-13-22-51-49-18-8-11-24-56(49)63-59(48)51)36-43(38-47)40-30-32-46(33-31-40)62-54-23-10-7-20-53(54)58-55(62)35-34-52-50-19-9-12-25-57(50)64-60(52)58/h1-38H. The lowest BCUT2D eigenvalue weighted by Crippen LogP contribution is -2.10. The van der Waals surface area contributed by atoms with Crippen LogP contribution in [0, 0.1) is 0 Å².